The van der Waals surface area contributed by atoms with Crippen LogP contribution in [0, 0.1) is 5.82 Å². The average molecular weight is 244 g/mol. The van der Waals surface area contributed by atoms with E-state index in [0.29, 0.717) is 0 Å². The smallest absolute Gasteiger partial charge is 0.123 e. The Bertz CT molecular complexity index is 536. The number of allylic oxidation sites excluding steroid dienone is 4. The summed E-state index contributed by atoms with van der Waals surface area (Å²) in [6, 6.07) is 6.43. The molecule has 3 heteroatoms. The predicted octanol–water partition coefficient (Wildman–Crippen LogP) is 3.51. The second-order valence-corrected chi connectivity index (χ2v) is 4.42. The highest BCUT2D eigenvalue weighted by molar-refractivity contribution is 5.54. The monoisotopic (exact) mass is 244 g/mol. The molecule has 0 amide bonds. The van der Waals surface area contributed by atoms with Crippen molar-refractivity contribution in [1.29, 1.82) is 0 Å². The van der Waals surface area contributed by atoms with Gasteiger partial charge in [0.25, 0.3) is 0 Å². The molecule has 0 fully saturated rings. The van der Waals surface area contributed by atoms with Crippen LogP contribution >= 0.6 is 0 Å². The van der Waals surface area contributed by atoms with Gasteiger partial charge >= 0.3 is 0 Å². The highest BCUT2D eigenvalue weighted by Gasteiger charge is 2.08. The number of benzene rings is 1. The highest BCUT2D eigenvalue weighted by atomic mass is 19.1. The van der Waals surface area contributed by atoms with Crippen LogP contribution in [0.25, 0.3) is 6.08 Å². The molecule has 1 aromatic rings. The molecular formula is C15H17FN2. The zero-order valence-electron chi connectivity index (χ0n) is 10.8. The van der Waals surface area contributed by atoms with Crippen molar-refractivity contribution in [2.24, 2.45) is 0 Å². The van der Waals surface area contributed by atoms with E-state index in [1.807, 2.05) is 32.9 Å². The minimum atomic E-state index is -0.214. The Morgan fingerprint density at radius 1 is 0.833 bits per heavy atom. The van der Waals surface area contributed by atoms with Crippen LogP contribution in [0.4, 0.5) is 4.39 Å². The van der Waals surface area contributed by atoms with E-state index in [1.54, 1.807) is 12.1 Å². The van der Waals surface area contributed by atoms with Crippen LogP contribution < -0.4 is 10.6 Å². The molecule has 18 heavy (non-hydrogen) atoms. The number of hydrogen-bond donors (Lipinski definition) is 2. The molecule has 0 saturated heterocycles. The Hall–Kier alpha value is -2.03. The second kappa shape index (κ2) is 5.08. The fraction of sp³-hybridized carbons (Fsp3) is 0.200. The minimum Gasteiger partial charge on any atom is -0.360 e. The maximum atomic E-state index is 12.8. The zero-order chi connectivity index (χ0) is 13.1. The van der Waals surface area contributed by atoms with Crippen LogP contribution in [-0.4, -0.2) is 0 Å². The van der Waals surface area contributed by atoms with Gasteiger partial charge in [0.2, 0.25) is 0 Å². The van der Waals surface area contributed by atoms with Gasteiger partial charge in [-0.3, -0.25) is 0 Å². The van der Waals surface area contributed by atoms with Crippen LogP contribution in [0.15, 0.2) is 53.1 Å². The summed E-state index contributed by atoms with van der Waals surface area (Å²) < 4.78 is 12.8. The lowest BCUT2D eigenvalue weighted by Gasteiger charge is -2.22. The van der Waals surface area contributed by atoms with E-state index < -0.39 is 0 Å². The third-order valence-electron chi connectivity index (χ3n) is 2.98. The van der Waals surface area contributed by atoms with Crippen LogP contribution in [0.5, 0.6) is 0 Å². The molecule has 1 aliphatic heterocycles. The molecule has 0 radical (unpaired) electrons. The lowest BCUT2D eigenvalue weighted by Crippen LogP contribution is -2.26. The molecule has 2 rings (SSSR count). The average Bonchev–Trinajstić information content (AvgIpc) is 2.34. The van der Waals surface area contributed by atoms with Gasteiger partial charge < -0.3 is 10.6 Å². The van der Waals surface area contributed by atoms with E-state index in [9.17, 15) is 4.39 Å². The molecule has 0 saturated carbocycles. The van der Waals surface area contributed by atoms with Gasteiger partial charge in [0.15, 0.2) is 0 Å². The van der Waals surface area contributed by atoms with Crippen LogP contribution in [0.3, 0.4) is 0 Å². The lowest BCUT2D eigenvalue weighted by molar-refractivity contribution is 0.628. The Balaban J connectivity index is 2.15. The molecule has 0 spiro atoms. The van der Waals surface area contributed by atoms with E-state index >= 15 is 0 Å². The molecule has 94 valence electrons. The van der Waals surface area contributed by atoms with E-state index in [1.165, 1.54) is 12.1 Å². The first-order valence-electron chi connectivity index (χ1n) is 5.92. The topological polar surface area (TPSA) is 24.1 Å². The lowest BCUT2D eigenvalue weighted by atomic mass is 10.1. The maximum absolute atomic E-state index is 12.8. The number of nitrogens with one attached hydrogen (secondary N) is 2. The van der Waals surface area contributed by atoms with Crippen LogP contribution in [0.1, 0.15) is 26.3 Å². The molecule has 1 aliphatic rings. The van der Waals surface area contributed by atoms with Crippen molar-refractivity contribution in [2.45, 2.75) is 20.8 Å². The Morgan fingerprint density at radius 3 is 2.11 bits per heavy atom. The highest BCUT2D eigenvalue weighted by Crippen LogP contribution is 2.14. The summed E-state index contributed by atoms with van der Waals surface area (Å²) in [6.07, 6.45) is 3.95. The third-order valence-corrected chi connectivity index (χ3v) is 2.98. The first kappa shape index (κ1) is 12.4. The molecule has 0 aromatic heterocycles. The van der Waals surface area contributed by atoms with Crippen molar-refractivity contribution in [2.75, 3.05) is 0 Å². The third kappa shape index (κ3) is 2.80. The summed E-state index contributed by atoms with van der Waals surface area (Å²) in [5, 5.41) is 6.64. The number of hydrogen-bond acceptors (Lipinski definition) is 2. The van der Waals surface area contributed by atoms with Gasteiger partial charge in [-0.2, -0.15) is 0 Å². The fourth-order valence-corrected chi connectivity index (χ4v) is 1.75. The molecular weight excluding hydrogens is 227 g/mol. The van der Waals surface area contributed by atoms with Crippen LogP contribution in [-0.2, 0) is 0 Å². The van der Waals surface area contributed by atoms with Crippen LogP contribution in [0.2, 0.25) is 0 Å². The molecule has 1 aromatic carbocycles. The SMILES string of the molecule is CC1=C(C)NC(/C=C/c2ccc(F)cc2)=C(C)N1. The Kier molecular flexibility index (Phi) is 3.51. The van der Waals surface area contributed by atoms with Gasteiger partial charge in [0.05, 0.1) is 5.70 Å². The van der Waals surface area contributed by atoms with Crippen molar-refractivity contribution in [3.8, 4) is 0 Å². The summed E-state index contributed by atoms with van der Waals surface area (Å²) in [5.74, 6) is -0.214. The quantitative estimate of drug-likeness (QED) is 0.831. The van der Waals surface area contributed by atoms with Crippen molar-refractivity contribution in [3.63, 3.8) is 0 Å². The van der Waals surface area contributed by atoms with E-state index in [4.69, 9.17) is 0 Å². The van der Waals surface area contributed by atoms with E-state index in [-0.39, 0.29) is 5.82 Å². The van der Waals surface area contributed by atoms with Gasteiger partial charge in [0.1, 0.15) is 5.82 Å². The number of rotatable bonds is 2. The van der Waals surface area contributed by atoms with Gasteiger partial charge in [-0.25, -0.2) is 4.39 Å². The standard InChI is InChI=1S/C15H17FN2/c1-10-11(2)18-15(12(3)17-10)9-6-13-4-7-14(16)8-5-13/h4-9,17-18H,1-3H3/b9-6+. The van der Waals surface area contributed by atoms with E-state index in [2.05, 4.69) is 10.6 Å². The molecule has 1 heterocycles. The molecule has 2 nitrogen and oxygen atoms in total. The second-order valence-electron chi connectivity index (χ2n) is 4.42. The largest absolute Gasteiger partial charge is 0.360 e. The fourth-order valence-electron chi connectivity index (χ4n) is 1.75. The van der Waals surface area contributed by atoms with Gasteiger partial charge in [-0.1, -0.05) is 18.2 Å². The van der Waals surface area contributed by atoms with Crippen molar-refractivity contribution in [3.05, 3.63) is 64.5 Å². The maximum Gasteiger partial charge on any atom is 0.123 e. The van der Waals surface area contributed by atoms with Gasteiger partial charge in [-0.05, 0) is 44.5 Å². The molecule has 0 atom stereocenters. The summed E-state index contributed by atoms with van der Waals surface area (Å²) in [4.78, 5) is 0. The predicted molar refractivity (Wildman–Crippen MR) is 72.8 cm³/mol. The first-order chi connectivity index (χ1) is 8.56. The Labute approximate surface area is 107 Å². The molecule has 0 aliphatic carbocycles. The molecule has 0 bridgehead atoms. The van der Waals surface area contributed by atoms with E-state index in [0.717, 1.165) is 28.4 Å². The Morgan fingerprint density at radius 2 is 1.44 bits per heavy atom. The van der Waals surface area contributed by atoms with Gasteiger partial charge in [-0.15, -0.1) is 0 Å². The number of halogens is 1. The summed E-state index contributed by atoms with van der Waals surface area (Å²) in [5.41, 5.74) is 5.33. The first-order valence-corrected chi connectivity index (χ1v) is 5.92. The summed E-state index contributed by atoms with van der Waals surface area (Å²) >= 11 is 0. The molecule has 2 N–H and O–H groups in total. The van der Waals surface area contributed by atoms with Gasteiger partial charge in [0, 0.05) is 17.1 Å². The summed E-state index contributed by atoms with van der Waals surface area (Å²) in [6.45, 7) is 6.08. The zero-order valence-corrected chi connectivity index (χ0v) is 10.8. The van der Waals surface area contributed by atoms with Crippen molar-refractivity contribution < 1.29 is 4.39 Å². The van der Waals surface area contributed by atoms with Crippen molar-refractivity contribution >= 4 is 6.08 Å². The minimum absolute atomic E-state index is 0.214. The molecule has 0 unspecified atom stereocenters. The normalized spacial score (nSPS) is 16.0. The summed E-state index contributed by atoms with van der Waals surface area (Å²) in [7, 11) is 0. The van der Waals surface area contributed by atoms with Crippen molar-refractivity contribution in [1.82, 2.24) is 10.6 Å².